The summed E-state index contributed by atoms with van der Waals surface area (Å²) >= 11 is 0. The smallest absolute Gasteiger partial charge is 0.181 e. The van der Waals surface area contributed by atoms with E-state index in [1.165, 1.54) is 18.2 Å². The Morgan fingerprint density at radius 2 is 2.28 bits per heavy atom. The van der Waals surface area contributed by atoms with Gasteiger partial charge in [-0.2, -0.15) is 0 Å². The maximum Gasteiger partial charge on any atom is 0.181 e. The zero-order valence-corrected chi connectivity index (χ0v) is 10.6. The molecule has 1 aliphatic rings. The Labute approximate surface area is 105 Å². The van der Waals surface area contributed by atoms with Gasteiger partial charge in [0, 0.05) is 12.5 Å². The molecule has 18 heavy (non-hydrogen) atoms. The molecule has 2 rings (SSSR count). The van der Waals surface area contributed by atoms with E-state index in [-0.39, 0.29) is 10.8 Å². The molecule has 0 spiro atoms. The van der Waals surface area contributed by atoms with Crippen LogP contribution in [0, 0.1) is 11.7 Å². The molecular weight excluding hydrogens is 259 g/mol. The molecule has 6 heteroatoms. The van der Waals surface area contributed by atoms with E-state index in [0.29, 0.717) is 19.6 Å². The Morgan fingerprint density at radius 1 is 1.50 bits per heavy atom. The monoisotopic (exact) mass is 274 g/mol. The fraction of sp³-hybridized carbons (Fsp3) is 0.500. The second-order valence-electron chi connectivity index (χ2n) is 4.43. The predicted octanol–water partition coefficient (Wildman–Crippen LogP) is 0.997. The molecule has 1 aromatic rings. The number of hydrogen-bond donors (Lipinski definition) is 1. The largest absolute Gasteiger partial charge is 0.392 e. The van der Waals surface area contributed by atoms with Crippen LogP contribution in [-0.4, -0.2) is 38.6 Å². The molecule has 1 aromatic carbocycles. The lowest BCUT2D eigenvalue weighted by molar-refractivity contribution is 0.108. The molecule has 4 nitrogen and oxygen atoms in total. The zero-order valence-electron chi connectivity index (χ0n) is 9.75. The summed E-state index contributed by atoms with van der Waals surface area (Å²) in [6, 6.07) is 4.82. The van der Waals surface area contributed by atoms with E-state index in [4.69, 9.17) is 4.74 Å². The van der Waals surface area contributed by atoms with Crippen molar-refractivity contribution < 1.29 is 22.7 Å². The van der Waals surface area contributed by atoms with Crippen molar-refractivity contribution in [3.05, 3.63) is 30.1 Å². The molecule has 1 N–H and O–H groups in total. The van der Waals surface area contributed by atoms with Gasteiger partial charge in [0.2, 0.25) is 0 Å². The van der Waals surface area contributed by atoms with Gasteiger partial charge in [-0.3, -0.25) is 0 Å². The van der Waals surface area contributed by atoms with Crippen molar-refractivity contribution in [2.75, 3.05) is 19.0 Å². The molecule has 2 unspecified atom stereocenters. The van der Waals surface area contributed by atoms with Crippen LogP contribution in [0.5, 0.6) is 0 Å². The van der Waals surface area contributed by atoms with Crippen molar-refractivity contribution in [1.29, 1.82) is 0 Å². The fourth-order valence-electron chi connectivity index (χ4n) is 1.97. The summed E-state index contributed by atoms with van der Waals surface area (Å²) in [6.45, 7) is 0.918. The van der Waals surface area contributed by atoms with Crippen molar-refractivity contribution in [3.8, 4) is 0 Å². The van der Waals surface area contributed by atoms with Gasteiger partial charge in [-0.25, -0.2) is 12.8 Å². The van der Waals surface area contributed by atoms with Gasteiger partial charge in [0.05, 0.1) is 23.4 Å². The number of halogens is 1. The standard InChI is InChI=1S/C12H15FO4S/c13-10-2-1-3-11(6-10)18(15,16)8-12(14)9-4-5-17-7-9/h1-3,6,9,12,14H,4-5,7-8H2. The zero-order chi connectivity index (χ0) is 13.2. The van der Waals surface area contributed by atoms with Gasteiger partial charge in [-0.1, -0.05) is 6.07 Å². The average molecular weight is 274 g/mol. The Bertz CT molecular complexity index is 509. The third-order valence-corrected chi connectivity index (χ3v) is 4.81. The van der Waals surface area contributed by atoms with Gasteiger partial charge in [0.15, 0.2) is 9.84 Å². The summed E-state index contributed by atoms with van der Waals surface area (Å²) in [5.74, 6) is -1.16. The number of aliphatic hydroxyl groups is 1. The van der Waals surface area contributed by atoms with Crippen molar-refractivity contribution >= 4 is 9.84 Å². The first kappa shape index (κ1) is 13.5. The highest BCUT2D eigenvalue weighted by molar-refractivity contribution is 7.91. The van der Waals surface area contributed by atoms with Crippen molar-refractivity contribution in [1.82, 2.24) is 0 Å². The number of rotatable bonds is 4. The van der Waals surface area contributed by atoms with E-state index >= 15 is 0 Å². The number of hydrogen-bond acceptors (Lipinski definition) is 4. The second kappa shape index (κ2) is 5.34. The van der Waals surface area contributed by atoms with Crippen molar-refractivity contribution in [2.45, 2.75) is 17.4 Å². The highest BCUT2D eigenvalue weighted by Gasteiger charge is 2.29. The number of benzene rings is 1. The molecule has 0 radical (unpaired) electrons. The predicted molar refractivity (Wildman–Crippen MR) is 63.4 cm³/mol. The third kappa shape index (κ3) is 3.07. The lowest BCUT2D eigenvalue weighted by Crippen LogP contribution is -2.29. The molecule has 0 saturated carbocycles. The lowest BCUT2D eigenvalue weighted by atomic mass is 10.0. The van der Waals surface area contributed by atoms with Crippen LogP contribution in [0.25, 0.3) is 0 Å². The third-order valence-electron chi connectivity index (χ3n) is 3.05. The summed E-state index contributed by atoms with van der Waals surface area (Å²) in [5, 5.41) is 9.86. The van der Waals surface area contributed by atoms with E-state index in [1.807, 2.05) is 0 Å². The summed E-state index contributed by atoms with van der Waals surface area (Å²) in [7, 11) is -3.66. The van der Waals surface area contributed by atoms with Crippen LogP contribution < -0.4 is 0 Å². The molecule has 0 aliphatic carbocycles. The van der Waals surface area contributed by atoms with Crippen LogP contribution in [0.4, 0.5) is 4.39 Å². The minimum atomic E-state index is -3.66. The molecule has 2 atom stereocenters. The van der Waals surface area contributed by atoms with Gasteiger partial charge in [0.1, 0.15) is 5.82 Å². The molecule has 100 valence electrons. The van der Waals surface area contributed by atoms with E-state index < -0.39 is 27.5 Å². The Hall–Kier alpha value is -0.980. The van der Waals surface area contributed by atoms with E-state index in [1.54, 1.807) is 0 Å². The topological polar surface area (TPSA) is 63.6 Å². The van der Waals surface area contributed by atoms with Crippen LogP contribution in [0.15, 0.2) is 29.2 Å². The first-order valence-corrected chi connectivity index (χ1v) is 7.38. The Balaban J connectivity index is 2.11. The van der Waals surface area contributed by atoms with Crippen molar-refractivity contribution in [3.63, 3.8) is 0 Å². The quantitative estimate of drug-likeness (QED) is 0.889. The normalized spacial score (nSPS) is 22.0. The highest BCUT2D eigenvalue weighted by atomic mass is 32.2. The summed E-state index contributed by atoms with van der Waals surface area (Å²) in [6.07, 6.45) is -0.319. The van der Waals surface area contributed by atoms with Gasteiger partial charge >= 0.3 is 0 Å². The van der Waals surface area contributed by atoms with Crippen LogP contribution in [0.2, 0.25) is 0 Å². The van der Waals surface area contributed by atoms with Gasteiger partial charge in [0.25, 0.3) is 0 Å². The Morgan fingerprint density at radius 3 is 2.89 bits per heavy atom. The molecular formula is C12H15FO4S. The first-order chi connectivity index (χ1) is 8.49. The molecule has 0 aromatic heterocycles. The minimum absolute atomic E-state index is 0.0968. The molecule has 1 fully saturated rings. The minimum Gasteiger partial charge on any atom is -0.392 e. The van der Waals surface area contributed by atoms with Crippen molar-refractivity contribution in [2.24, 2.45) is 5.92 Å². The summed E-state index contributed by atoms with van der Waals surface area (Å²) < 4.78 is 42.1. The highest BCUT2D eigenvalue weighted by Crippen LogP contribution is 2.21. The Kier molecular flexibility index (Phi) is 3.99. The van der Waals surface area contributed by atoms with E-state index in [0.717, 1.165) is 6.07 Å². The number of sulfone groups is 1. The summed E-state index contributed by atoms with van der Waals surface area (Å²) in [5.41, 5.74) is 0. The van der Waals surface area contributed by atoms with Crippen LogP contribution in [-0.2, 0) is 14.6 Å². The molecule has 1 heterocycles. The average Bonchev–Trinajstić information content (AvgIpc) is 2.82. The summed E-state index contributed by atoms with van der Waals surface area (Å²) in [4.78, 5) is -0.0968. The fourth-order valence-corrected chi connectivity index (χ4v) is 3.47. The maximum absolute atomic E-state index is 13.0. The maximum atomic E-state index is 13.0. The second-order valence-corrected chi connectivity index (χ2v) is 6.46. The number of ether oxygens (including phenoxy) is 1. The van der Waals surface area contributed by atoms with Crippen LogP contribution in [0.3, 0.4) is 0 Å². The first-order valence-electron chi connectivity index (χ1n) is 5.73. The van der Waals surface area contributed by atoms with E-state index in [9.17, 15) is 17.9 Å². The SMILES string of the molecule is O=S(=O)(CC(O)C1CCOC1)c1cccc(F)c1. The molecule has 1 aliphatic heterocycles. The van der Waals surface area contributed by atoms with Gasteiger partial charge in [-0.15, -0.1) is 0 Å². The van der Waals surface area contributed by atoms with Crippen LogP contribution >= 0.6 is 0 Å². The number of aliphatic hydroxyl groups excluding tert-OH is 1. The molecule has 0 bridgehead atoms. The van der Waals surface area contributed by atoms with Gasteiger partial charge in [-0.05, 0) is 24.6 Å². The molecule has 0 amide bonds. The van der Waals surface area contributed by atoms with Crippen LogP contribution in [0.1, 0.15) is 6.42 Å². The van der Waals surface area contributed by atoms with Gasteiger partial charge < -0.3 is 9.84 Å². The van der Waals surface area contributed by atoms with E-state index in [2.05, 4.69) is 0 Å². The lowest BCUT2D eigenvalue weighted by Gasteiger charge is -2.16. The molecule has 1 saturated heterocycles.